The molecule has 0 heterocycles. The maximum Gasteiger partial charge on any atom is 0.121 e. The maximum atomic E-state index is 9.46. The second-order valence-corrected chi connectivity index (χ2v) is 3.32. The zero-order valence-corrected chi connectivity index (χ0v) is 8.72. The van der Waals surface area contributed by atoms with Gasteiger partial charge in [-0.1, -0.05) is 15.9 Å². The summed E-state index contributed by atoms with van der Waals surface area (Å²) in [6, 6.07) is 3.89. The first kappa shape index (κ1) is 9.33. The molecule has 1 nitrogen and oxygen atoms in total. The van der Waals surface area contributed by atoms with Crippen LogP contribution in [0, 0.1) is 13.8 Å². The lowest BCUT2D eigenvalue weighted by Crippen LogP contribution is -1.82. The van der Waals surface area contributed by atoms with Crippen LogP contribution in [-0.2, 0) is 0 Å². The van der Waals surface area contributed by atoms with E-state index in [2.05, 4.69) is 15.9 Å². The molecule has 0 aromatic heterocycles. The number of phenolic OH excluding ortho intramolecular Hbond substituents is 1. The van der Waals surface area contributed by atoms with Gasteiger partial charge in [0.2, 0.25) is 0 Å². The van der Waals surface area contributed by atoms with E-state index < -0.39 is 0 Å². The van der Waals surface area contributed by atoms with Gasteiger partial charge < -0.3 is 5.11 Å². The van der Waals surface area contributed by atoms with Crippen molar-refractivity contribution in [3.05, 3.63) is 33.8 Å². The lowest BCUT2D eigenvalue weighted by molar-refractivity contribution is 0.467. The van der Waals surface area contributed by atoms with Gasteiger partial charge in [-0.05, 0) is 53.7 Å². The SMILES string of the molecule is Cc1cc(/C=C/Br)cc(C)c1O. The van der Waals surface area contributed by atoms with Crippen molar-refractivity contribution in [2.75, 3.05) is 0 Å². The molecular formula is C10H11BrO. The zero-order chi connectivity index (χ0) is 9.14. The molecule has 1 rings (SSSR count). The van der Waals surface area contributed by atoms with Crippen molar-refractivity contribution in [2.24, 2.45) is 0 Å². The summed E-state index contributed by atoms with van der Waals surface area (Å²) in [5.41, 5.74) is 2.92. The summed E-state index contributed by atoms with van der Waals surface area (Å²) >= 11 is 3.21. The zero-order valence-electron chi connectivity index (χ0n) is 7.13. The van der Waals surface area contributed by atoms with Gasteiger partial charge in [0, 0.05) is 0 Å². The molecular weight excluding hydrogens is 216 g/mol. The molecule has 12 heavy (non-hydrogen) atoms. The van der Waals surface area contributed by atoms with Crippen molar-refractivity contribution >= 4 is 22.0 Å². The van der Waals surface area contributed by atoms with E-state index in [9.17, 15) is 5.11 Å². The molecule has 0 fully saturated rings. The molecule has 0 saturated heterocycles. The number of phenols is 1. The van der Waals surface area contributed by atoms with Crippen LogP contribution in [0.15, 0.2) is 17.1 Å². The Morgan fingerprint density at radius 3 is 2.17 bits per heavy atom. The fourth-order valence-electron chi connectivity index (χ4n) is 1.16. The van der Waals surface area contributed by atoms with E-state index in [1.807, 2.05) is 32.1 Å². The van der Waals surface area contributed by atoms with Gasteiger partial charge in [-0.3, -0.25) is 0 Å². The van der Waals surface area contributed by atoms with E-state index in [1.54, 1.807) is 4.99 Å². The van der Waals surface area contributed by atoms with E-state index in [-0.39, 0.29) is 0 Å². The average Bonchev–Trinajstić information content (AvgIpc) is 2.01. The van der Waals surface area contributed by atoms with Crippen LogP contribution in [0.3, 0.4) is 0 Å². The molecule has 64 valence electrons. The number of hydrogen-bond acceptors (Lipinski definition) is 1. The van der Waals surface area contributed by atoms with Crippen LogP contribution < -0.4 is 0 Å². The Morgan fingerprint density at radius 2 is 1.75 bits per heavy atom. The summed E-state index contributed by atoms with van der Waals surface area (Å²) in [6.45, 7) is 3.79. The third-order valence-electron chi connectivity index (χ3n) is 1.77. The quantitative estimate of drug-likeness (QED) is 0.779. The van der Waals surface area contributed by atoms with Gasteiger partial charge in [-0.25, -0.2) is 0 Å². The molecule has 0 amide bonds. The first-order chi connectivity index (χ1) is 5.65. The topological polar surface area (TPSA) is 20.2 Å². The van der Waals surface area contributed by atoms with E-state index in [0.717, 1.165) is 16.7 Å². The molecule has 0 atom stereocenters. The van der Waals surface area contributed by atoms with Crippen LogP contribution >= 0.6 is 15.9 Å². The van der Waals surface area contributed by atoms with Crippen molar-refractivity contribution < 1.29 is 5.11 Å². The molecule has 1 N–H and O–H groups in total. The lowest BCUT2D eigenvalue weighted by Gasteiger charge is -2.03. The van der Waals surface area contributed by atoms with Crippen LogP contribution in [0.1, 0.15) is 16.7 Å². The Labute approximate surface area is 80.9 Å². The molecule has 0 saturated carbocycles. The van der Waals surface area contributed by atoms with Crippen LogP contribution in [-0.4, -0.2) is 5.11 Å². The number of halogens is 1. The summed E-state index contributed by atoms with van der Waals surface area (Å²) in [7, 11) is 0. The van der Waals surface area contributed by atoms with Crippen molar-refractivity contribution in [1.82, 2.24) is 0 Å². The molecule has 0 radical (unpaired) electrons. The highest BCUT2D eigenvalue weighted by atomic mass is 79.9. The minimum Gasteiger partial charge on any atom is -0.507 e. The molecule has 0 spiro atoms. The average molecular weight is 227 g/mol. The monoisotopic (exact) mass is 226 g/mol. The highest BCUT2D eigenvalue weighted by Crippen LogP contribution is 2.23. The summed E-state index contributed by atoms with van der Waals surface area (Å²) in [5, 5.41) is 9.46. The standard InChI is InChI=1S/C10H11BrO/c1-7-5-9(3-4-11)6-8(2)10(7)12/h3-6,12H,1-2H3/b4-3+. The predicted molar refractivity (Wildman–Crippen MR) is 55.5 cm³/mol. The lowest BCUT2D eigenvalue weighted by atomic mass is 10.1. The number of benzene rings is 1. The van der Waals surface area contributed by atoms with Crippen LogP contribution in [0.2, 0.25) is 0 Å². The number of aromatic hydroxyl groups is 1. The molecule has 0 aliphatic carbocycles. The third-order valence-corrected chi connectivity index (χ3v) is 2.03. The highest BCUT2D eigenvalue weighted by Gasteiger charge is 2.00. The van der Waals surface area contributed by atoms with Gasteiger partial charge in [0.15, 0.2) is 0 Å². The van der Waals surface area contributed by atoms with Gasteiger partial charge in [0.1, 0.15) is 5.75 Å². The van der Waals surface area contributed by atoms with E-state index in [1.165, 1.54) is 0 Å². The van der Waals surface area contributed by atoms with Crippen LogP contribution in [0.25, 0.3) is 6.08 Å². The minimum absolute atomic E-state index is 0.390. The van der Waals surface area contributed by atoms with Gasteiger partial charge in [-0.2, -0.15) is 0 Å². The van der Waals surface area contributed by atoms with E-state index >= 15 is 0 Å². The number of aryl methyl sites for hydroxylation is 2. The van der Waals surface area contributed by atoms with Crippen molar-refractivity contribution in [3.63, 3.8) is 0 Å². The first-order valence-corrected chi connectivity index (χ1v) is 4.63. The summed E-state index contributed by atoms with van der Waals surface area (Å²) in [5.74, 6) is 0.390. The van der Waals surface area contributed by atoms with Gasteiger partial charge >= 0.3 is 0 Å². The van der Waals surface area contributed by atoms with Crippen molar-refractivity contribution in [3.8, 4) is 5.75 Å². The van der Waals surface area contributed by atoms with Gasteiger partial charge in [0.25, 0.3) is 0 Å². The van der Waals surface area contributed by atoms with Crippen LogP contribution in [0.4, 0.5) is 0 Å². The summed E-state index contributed by atoms with van der Waals surface area (Å²) in [4.78, 5) is 1.80. The van der Waals surface area contributed by atoms with E-state index in [4.69, 9.17) is 0 Å². The molecule has 0 aliphatic heterocycles. The Kier molecular flexibility index (Phi) is 2.93. The van der Waals surface area contributed by atoms with E-state index in [0.29, 0.717) is 5.75 Å². The molecule has 0 unspecified atom stereocenters. The summed E-state index contributed by atoms with van der Waals surface area (Å²) in [6.07, 6.45) is 1.94. The number of rotatable bonds is 1. The summed E-state index contributed by atoms with van der Waals surface area (Å²) < 4.78 is 0. The maximum absolute atomic E-state index is 9.46. The predicted octanol–water partition coefficient (Wildman–Crippen LogP) is 3.37. The molecule has 0 bridgehead atoms. The van der Waals surface area contributed by atoms with Crippen molar-refractivity contribution in [1.29, 1.82) is 0 Å². The fourth-order valence-corrected chi connectivity index (χ4v) is 1.46. The van der Waals surface area contributed by atoms with Gasteiger partial charge in [-0.15, -0.1) is 0 Å². The molecule has 1 aromatic carbocycles. The Hall–Kier alpha value is -0.760. The highest BCUT2D eigenvalue weighted by molar-refractivity contribution is 9.11. The Balaban J connectivity index is 3.21. The van der Waals surface area contributed by atoms with Crippen LogP contribution in [0.5, 0.6) is 5.75 Å². The molecule has 1 aromatic rings. The first-order valence-electron chi connectivity index (χ1n) is 3.72. The largest absolute Gasteiger partial charge is 0.507 e. The molecule has 2 heteroatoms. The fraction of sp³-hybridized carbons (Fsp3) is 0.200. The van der Waals surface area contributed by atoms with Crippen molar-refractivity contribution in [2.45, 2.75) is 13.8 Å². The second-order valence-electron chi connectivity index (χ2n) is 2.80. The smallest absolute Gasteiger partial charge is 0.121 e. The molecule has 0 aliphatic rings. The number of hydrogen-bond donors (Lipinski definition) is 1. The normalized spacial score (nSPS) is 10.9. The third kappa shape index (κ3) is 1.89. The Morgan fingerprint density at radius 1 is 1.25 bits per heavy atom. The van der Waals surface area contributed by atoms with Gasteiger partial charge in [0.05, 0.1) is 0 Å². The Bertz CT molecular complexity index is 293. The minimum atomic E-state index is 0.390. The second kappa shape index (κ2) is 3.76.